The molecule has 3 rings (SSSR count). The number of carbonyl (C=O) groups excluding carboxylic acids is 1. The third-order valence-electron chi connectivity index (χ3n) is 3.36. The number of hydrogen-bond donors (Lipinski definition) is 1. The fourth-order valence-electron chi connectivity index (χ4n) is 2.20. The van der Waals surface area contributed by atoms with E-state index in [4.69, 9.17) is 16.3 Å². The number of ether oxygens (including phenoxy) is 1. The van der Waals surface area contributed by atoms with Crippen LogP contribution in [-0.4, -0.2) is 35.1 Å². The number of anilines is 1. The standard InChI is InChI=1S/C16H16ClN3O2/c1-11-4-2-7-15(18-11)22-14-9-20(10-14)16(21)19-13-6-3-5-12(17)8-13/h2-8,14H,9-10H2,1H3,(H,19,21). The lowest BCUT2D eigenvalue weighted by Crippen LogP contribution is -2.57. The Bertz CT molecular complexity index is 687. The van der Waals surface area contributed by atoms with Gasteiger partial charge in [0.05, 0.1) is 13.1 Å². The molecule has 22 heavy (non-hydrogen) atoms. The van der Waals surface area contributed by atoms with Gasteiger partial charge in [-0.3, -0.25) is 0 Å². The Hall–Kier alpha value is -2.27. The number of carbonyl (C=O) groups is 1. The van der Waals surface area contributed by atoms with Gasteiger partial charge in [0.15, 0.2) is 0 Å². The molecule has 1 aromatic carbocycles. The predicted molar refractivity (Wildman–Crippen MR) is 85.4 cm³/mol. The number of aryl methyl sites for hydroxylation is 1. The molecule has 2 aromatic rings. The summed E-state index contributed by atoms with van der Waals surface area (Å²) in [6, 6.07) is 12.6. The van der Waals surface area contributed by atoms with Crippen LogP contribution in [0.5, 0.6) is 5.88 Å². The van der Waals surface area contributed by atoms with Gasteiger partial charge in [0.25, 0.3) is 0 Å². The van der Waals surface area contributed by atoms with Crippen molar-refractivity contribution in [1.29, 1.82) is 0 Å². The fraction of sp³-hybridized carbons (Fsp3) is 0.250. The summed E-state index contributed by atoms with van der Waals surface area (Å²) in [5.41, 5.74) is 1.59. The van der Waals surface area contributed by atoms with Crippen LogP contribution in [0.25, 0.3) is 0 Å². The molecule has 1 saturated heterocycles. The molecule has 1 aliphatic rings. The number of hydrogen-bond acceptors (Lipinski definition) is 3. The van der Waals surface area contributed by atoms with Gasteiger partial charge in [-0.1, -0.05) is 23.7 Å². The molecule has 0 spiro atoms. The molecule has 0 saturated carbocycles. The molecular formula is C16H16ClN3O2. The SMILES string of the molecule is Cc1cccc(OC2CN(C(=O)Nc3cccc(Cl)c3)C2)n1. The zero-order valence-electron chi connectivity index (χ0n) is 12.1. The van der Waals surface area contributed by atoms with E-state index in [0.717, 1.165) is 5.69 Å². The number of urea groups is 1. The van der Waals surface area contributed by atoms with Crippen molar-refractivity contribution in [2.45, 2.75) is 13.0 Å². The molecule has 2 heterocycles. The number of nitrogens with one attached hydrogen (secondary N) is 1. The van der Waals surface area contributed by atoms with Crippen LogP contribution in [-0.2, 0) is 0 Å². The van der Waals surface area contributed by atoms with Crippen molar-refractivity contribution in [3.8, 4) is 5.88 Å². The lowest BCUT2D eigenvalue weighted by atomic mass is 10.2. The lowest BCUT2D eigenvalue weighted by Gasteiger charge is -2.38. The molecule has 1 fully saturated rings. The first-order chi connectivity index (χ1) is 10.6. The molecule has 0 bridgehead atoms. The van der Waals surface area contributed by atoms with E-state index in [1.807, 2.05) is 25.1 Å². The number of benzene rings is 1. The van der Waals surface area contributed by atoms with Crippen LogP contribution in [0.3, 0.4) is 0 Å². The number of aromatic nitrogens is 1. The van der Waals surface area contributed by atoms with Crippen LogP contribution < -0.4 is 10.1 Å². The minimum atomic E-state index is -0.153. The summed E-state index contributed by atoms with van der Waals surface area (Å²) in [6.45, 7) is 3.00. The third-order valence-corrected chi connectivity index (χ3v) is 3.60. The normalized spacial score (nSPS) is 14.4. The Balaban J connectivity index is 1.49. The van der Waals surface area contributed by atoms with Crippen LogP contribution in [0, 0.1) is 6.92 Å². The summed E-state index contributed by atoms with van der Waals surface area (Å²) in [5.74, 6) is 0.597. The Morgan fingerprint density at radius 1 is 1.32 bits per heavy atom. The Kier molecular flexibility index (Phi) is 4.15. The van der Waals surface area contributed by atoms with Gasteiger partial charge in [0, 0.05) is 22.5 Å². The average molecular weight is 318 g/mol. The summed E-state index contributed by atoms with van der Waals surface area (Å²) >= 11 is 5.89. The Labute approximate surface area is 133 Å². The predicted octanol–water partition coefficient (Wildman–Crippen LogP) is 3.34. The number of halogens is 1. The van der Waals surface area contributed by atoms with E-state index in [1.54, 1.807) is 29.2 Å². The summed E-state index contributed by atoms with van der Waals surface area (Å²) in [7, 11) is 0. The largest absolute Gasteiger partial charge is 0.471 e. The van der Waals surface area contributed by atoms with Crippen LogP contribution >= 0.6 is 11.6 Å². The second kappa shape index (κ2) is 6.23. The maximum Gasteiger partial charge on any atom is 0.322 e. The van der Waals surface area contributed by atoms with Crippen molar-refractivity contribution in [1.82, 2.24) is 9.88 Å². The average Bonchev–Trinajstić information content (AvgIpc) is 2.42. The number of nitrogens with zero attached hydrogens (tertiary/aromatic N) is 2. The fourth-order valence-corrected chi connectivity index (χ4v) is 2.39. The number of pyridine rings is 1. The van der Waals surface area contributed by atoms with Crippen molar-refractivity contribution in [2.24, 2.45) is 0 Å². The third kappa shape index (κ3) is 3.49. The second-order valence-corrected chi connectivity index (χ2v) is 5.64. The van der Waals surface area contributed by atoms with Crippen LogP contribution in [0.1, 0.15) is 5.69 Å². The Morgan fingerprint density at radius 2 is 2.09 bits per heavy atom. The van der Waals surface area contributed by atoms with Crippen molar-refractivity contribution >= 4 is 23.3 Å². The molecule has 0 radical (unpaired) electrons. The zero-order chi connectivity index (χ0) is 15.5. The minimum absolute atomic E-state index is 0.0144. The summed E-state index contributed by atoms with van der Waals surface area (Å²) in [5, 5.41) is 3.40. The first kappa shape index (κ1) is 14.7. The molecule has 1 aliphatic heterocycles. The van der Waals surface area contributed by atoms with E-state index >= 15 is 0 Å². The van der Waals surface area contributed by atoms with Crippen LogP contribution in [0.15, 0.2) is 42.5 Å². The van der Waals surface area contributed by atoms with E-state index in [9.17, 15) is 4.79 Å². The van der Waals surface area contributed by atoms with Gasteiger partial charge < -0.3 is 15.0 Å². The number of rotatable bonds is 3. The molecule has 114 valence electrons. The van der Waals surface area contributed by atoms with Gasteiger partial charge in [0.2, 0.25) is 5.88 Å². The van der Waals surface area contributed by atoms with Gasteiger partial charge in [-0.2, -0.15) is 0 Å². The van der Waals surface area contributed by atoms with Gasteiger partial charge >= 0.3 is 6.03 Å². The van der Waals surface area contributed by atoms with E-state index in [1.165, 1.54) is 0 Å². The first-order valence-electron chi connectivity index (χ1n) is 7.02. The highest BCUT2D eigenvalue weighted by Gasteiger charge is 2.32. The summed E-state index contributed by atoms with van der Waals surface area (Å²) in [6.07, 6.45) is -0.0144. The van der Waals surface area contributed by atoms with E-state index < -0.39 is 0 Å². The highest BCUT2D eigenvalue weighted by atomic mass is 35.5. The molecular weight excluding hydrogens is 302 g/mol. The summed E-state index contributed by atoms with van der Waals surface area (Å²) in [4.78, 5) is 18.0. The van der Waals surface area contributed by atoms with Gasteiger partial charge in [-0.15, -0.1) is 0 Å². The quantitative estimate of drug-likeness (QED) is 0.944. The molecule has 5 nitrogen and oxygen atoms in total. The van der Waals surface area contributed by atoms with Crippen molar-refractivity contribution < 1.29 is 9.53 Å². The van der Waals surface area contributed by atoms with E-state index in [2.05, 4.69) is 10.3 Å². The van der Waals surface area contributed by atoms with Crippen molar-refractivity contribution in [2.75, 3.05) is 18.4 Å². The van der Waals surface area contributed by atoms with E-state index in [0.29, 0.717) is 29.7 Å². The molecule has 6 heteroatoms. The molecule has 0 atom stereocenters. The van der Waals surface area contributed by atoms with Gasteiger partial charge in [-0.25, -0.2) is 9.78 Å². The second-order valence-electron chi connectivity index (χ2n) is 5.20. The molecule has 0 aliphatic carbocycles. The smallest absolute Gasteiger partial charge is 0.322 e. The topological polar surface area (TPSA) is 54.5 Å². The summed E-state index contributed by atoms with van der Waals surface area (Å²) < 4.78 is 5.73. The zero-order valence-corrected chi connectivity index (χ0v) is 12.9. The number of likely N-dealkylation sites (tertiary alicyclic amines) is 1. The monoisotopic (exact) mass is 317 g/mol. The Morgan fingerprint density at radius 3 is 2.82 bits per heavy atom. The first-order valence-corrected chi connectivity index (χ1v) is 7.40. The van der Waals surface area contributed by atoms with Gasteiger partial charge in [0.1, 0.15) is 6.10 Å². The molecule has 1 N–H and O–H groups in total. The van der Waals surface area contributed by atoms with E-state index in [-0.39, 0.29) is 12.1 Å². The molecule has 0 unspecified atom stereocenters. The van der Waals surface area contributed by atoms with Crippen molar-refractivity contribution in [3.05, 3.63) is 53.2 Å². The molecule has 2 amide bonds. The highest BCUT2D eigenvalue weighted by molar-refractivity contribution is 6.30. The molecule has 1 aromatic heterocycles. The van der Waals surface area contributed by atoms with Crippen LogP contribution in [0.2, 0.25) is 5.02 Å². The van der Waals surface area contributed by atoms with Crippen molar-refractivity contribution in [3.63, 3.8) is 0 Å². The lowest BCUT2D eigenvalue weighted by molar-refractivity contribution is 0.0460. The highest BCUT2D eigenvalue weighted by Crippen LogP contribution is 2.19. The minimum Gasteiger partial charge on any atom is -0.471 e. The maximum absolute atomic E-state index is 12.1. The number of amides is 2. The van der Waals surface area contributed by atoms with Crippen LogP contribution in [0.4, 0.5) is 10.5 Å². The van der Waals surface area contributed by atoms with Gasteiger partial charge in [-0.05, 0) is 31.2 Å². The maximum atomic E-state index is 12.1.